The molecule has 64 heavy (non-hydrogen) atoms. The van der Waals surface area contributed by atoms with Crippen molar-refractivity contribution in [3.05, 3.63) is 35.4 Å². The minimum absolute atomic E-state index is 0.0399. The third-order valence-electron chi connectivity index (χ3n) is 13.0. The molecule has 4 aliphatic rings. The smallest absolute Gasteiger partial charge is 0.308 e. The van der Waals surface area contributed by atoms with E-state index in [1.54, 1.807) is 24.3 Å². The summed E-state index contributed by atoms with van der Waals surface area (Å²) in [7, 11) is 4.25. The van der Waals surface area contributed by atoms with Gasteiger partial charge in [0.2, 0.25) is 11.5 Å². The minimum Gasteiger partial charge on any atom is -0.462 e. The second-order valence-corrected chi connectivity index (χ2v) is 17.9. The quantitative estimate of drug-likeness (QED) is 0.130. The first-order valence-electron chi connectivity index (χ1n) is 21.6. The Morgan fingerprint density at radius 3 is 0.922 bits per heavy atom. The zero-order valence-corrected chi connectivity index (χ0v) is 37.7. The standard InChI is InChI=1S/C46H58N2O16/c1-25(49)57-39-15-31(16-40(58-26(2)50)45(39)61-29(5)53)23-47(7)33-9-10-34(47)20-37(19-33)63-43(55)13-14-44(56)64-38-21-35-11-12-36(22-38)48(35,8)24-32-17-41(59-27(3)51)46(62-30(6)54)42(18-32)60-28(4)52/h15-18,33-38H,9-14,19-24H2,1-8H3/q+2. The van der Waals surface area contributed by atoms with Gasteiger partial charge in [0, 0.05) is 104 Å². The van der Waals surface area contributed by atoms with E-state index in [2.05, 4.69) is 14.1 Å². The molecule has 4 aliphatic heterocycles. The van der Waals surface area contributed by atoms with Crippen molar-refractivity contribution in [2.45, 2.75) is 155 Å². The van der Waals surface area contributed by atoms with Crippen molar-refractivity contribution in [2.24, 2.45) is 0 Å². The van der Waals surface area contributed by atoms with Gasteiger partial charge in [0.1, 0.15) is 25.3 Å². The van der Waals surface area contributed by atoms with Crippen LogP contribution in [0.3, 0.4) is 0 Å². The van der Waals surface area contributed by atoms with Crippen molar-refractivity contribution in [3.8, 4) is 34.5 Å². The number of carbonyl (C=O) groups is 8. The second-order valence-electron chi connectivity index (χ2n) is 17.9. The summed E-state index contributed by atoms with van der Waals surface area (Å²) in [5.41, 5.74) is 1.39. The zero-order chi connectivity index (χ0) is 46.7. The Kier molecular flexibility index (Phi) is 14.5. The number of nitrogens with zero attached hydrogens (tertiary/aromatic N) is 2. The molecule has 4 atom stereocenters. The first-order chi connectivity index (χ1) is 30.1. The average molecular weight is 895 g/mol. The highest BCUT2D eigenvalue weighted by Crippen LogP contribution is 2.48. The van der Waals surface area contributed by atoms with E-state index in [9.17, 15) is 38.4 Å². The molecule has 2 aromatic rings. The Bertz CT molecular complexity index is 1960. The van der Waals surface area contributed by atoms with Gasteiger partial charge in [0.05, 0.1) is 51.1 Å². The lowest BCUT2D eigenvalue weighted by molar-refractivity contribution is -0.961. The molecule has 0 aromatic heterocycles. The lowest BCUT2D eigenvalue weighted by atomic mass is 9.95. The number of quaternary nitrogens is 2. The lowest BCUT2D eigenvalue weighted by Crippen LogP contribution is -2.58. The van der Waals surface area contributed by atoms with Gasteiger partial charge in [0.25, 0.3) is 0 Å². The molecule has 0 saturated carbocycles. The van der Waals surface area contributed by atoms with Gasteiger partial charge < -0.3 is 46.9 Å². The topological polar surface area (TPSA) is 210 Å². The van der Waals surface area contributed by atoms with E-state index < -0.39 is 47.8 Å². The van der Waals surface area contributed by atoms with Crippen LogP contribution in [0, 0.1) is 0 Å². The Morgan fingerprint density at radius 1 is 0.438 bits per heavy atom. The summed E-state index contributed by atoms with van der Waals surface area (Å²) in [6.45, 7) is 8.18. The van der Waals surface area contributed by atoms with Crippen molar-refractivity contribution in [2.75, 3.05) is 14.1 Å². The maximum atomic E-state index is 13.1. The number of benzene rings is 2. The summed E-state index contributed by atoms with van der Waals surface area (Å²) in [5.74, 6) is -5.36. The molecule has 4 unspecified atom stereocenters. The molecule has 4 bridgehead atoms. The molecule has 4 heterocycles. The summed E-state index contributed by atoms with van der Waals surface area (Å²) in [4.78, 5) is 97.9. The molecule has 0 aliphatic carbocycles. The summed E-state index contributed by atoms with van der Waals surface area (Å²) in [5, 5.41) is 0. The molecule has 6 rings (SSSR count). The normalized spacial score (nSPS) is 26.5. The van der Waals surface area contributed by atoms with Crippen LogP contribution in [0.1, 0.15) is 117 Å². The molecule has 0 radical (unpaired) electrons. The fraction of sp³-hybridized carbons (Fsp3) is 0.565. The van der Waals surface area contributed by atoms with Gasteiger partial charge in [0.15, 0.2) is 23.0 Å². The fourth-order valence-electron chi connectivity index (χ4n) is 10.4. The molecule has 18 nitrogen and oxygen atoms in total. The van der Waals surface area contributed by atoms with Gasteiger partial charge in [-0.3, -0.25) is 38.4 Å². The van der Waals surface area contributed by atoms with Gasteiger partial charge in [-0.05, 0) is 24.3 Å². The maximum absolute atomic E-state index is 13.1. The van der Waals surface area contributed by atoms with Crippen molar-refractivity contribution in [1.82, 2.24) is 0 Å². The Labute approximate surface area is 371 Å². The number of rotatable bonds is 15. The van der Waals surface area contributed by atoms with E-state index >= 15 is 0 Å². The Balaban J connectivity index is 1.03. The summed E-state index contributed by atoms with van der Waals surface area (Å²) in [6.07, 6.45) is 5.13. The Hall–Kier alpha value is -5.88. The number of fused-ring (bicyclic) bond motifs is 4. The molecule has 4 fully saturated rings. The van der Waals surface area contributed by atoms with Crippen molar-refractivity contribution >= 4 is 47.8 Å². The van der Waals surface area contributed by atoms with Crippen LogP contribution < -0.4 is 28.4 Å². The van der Waals surface area contributed by atoms with Crippen LogP contribution in [0.4, 0.5) is 0 Å². The molecule has 18 heteroatoms. The predicted octanol–water partition coefficient (Wildman–Crippen LogP) is 5.09. The number of hydrogen-bond donors (Lipinski definition) is 0. The molecular formula is C46H58N2O16+2. The highest BCUT2D eigenvalue weighted by molar-refractivity contribution is 5.80. The monoisotopic (exact) mass is 894 g/mol. The molecule has 0 amide bonds. The molecular weight excluding hydrogens is 837 g/mol. The van der Waals surface area contributed by atoms with Gasteiger partial charge in [-0.2, -0.15) is 0 Å². The SMILES string of the molecule is CC(=O)Oc1cc(C[N+]2(C)C3CCC2CC(OC(=O)CCC(=O)OC2CC4CCC(C2)[N+]4(C)Cc2cc(OC(C)=O)c(OC(C)=O)c(OC(C)=O)c2)C3)cc(OC(C)=O)c1OC(C)=O. The van der Waals surface area contributed by atoms with Crippen LogP contribution in [-0.4, -0.2) is 107 Å². The number of carbonyl (C=O) groups excluding carboxylic acids is 8. The van der Waals surface area contributed by atoms with E-state index in [1.165, 1.54) is 41.5 Å². The second kappa shape index (κ2) is 19.5. The van der Waals surface area contributed by atoms with Crippen LogP contribution in [0.15, 0.2) is 24.3 Å². The van der Waals surface area contributed by atoms with Crippen molar-refractivity contribution < 1.29 is 85.2 Å². The van der Waals surface area contributed by atoms with Crippen LogP contribution in [0.2, 0.25) is 0 Å². The summed E-state index contributed by atoms with van der Waals surface area (Å²) in [6, 6.07) is 6.95. The molecule has 0 spiro atoms. The number of ether oxygens (including phenoxy) is 8. The van der Waals surface area contributed by atoms with E-state index in [0.29, 0.717) is 58.9 Å². The maximum Gasteiger partial charge on any atom is 0.308 e. The van der Waals surface area contributed by atoms with Gasteiger partial charge in [-0.15, -0.1) is 0 Å². The van der Waals surface area contributed by atoms with Crippen LogP contribution in [0.5, 0.6) is 34.5 Å². The number of hydrogen-bond acceptors (Lipinski definition) is 16. The van der Waals surface area contributed by atoms with Crippen LogP contribution in [0.25, 0.3) is 0 Å². The minimum atomic E-state index is -0.682. The van der Waals surface area contributed by atoms with E-state index in [4.69, 9.17) is 37.9 Å². The first-order valence-corrected chi connectivity index (χ1v) is 21.6. The van der Waals surface area contributed by atoms with E-state index in [-0.39, 0.29) is 83.7 Å². The predicted molar refractivity (Wildman–Crippen MR) is 222 cm³/mol. The van der Waals surface area contributed by atoms with E-state index in [0.717, 1.165) is 25.7 Å². The molecule has 2 aromatic carbocycles. The highest BCUT2D eigenvalue weighted by atomic mass is 16.6. The zero-order valence-electron chi connectivity index (χ0n) is 37.7. The van der Waals surface area contributed by atoms with Crippen molar-refractivity contribution in [1.29, 1.82) is 0 Å². The largest absolute Gasteiger partial charge is 0.462 e. The molecule has 4 saturated heterocycles. The number of esters is 8. The third kappa shape index (κ3) is 11.2. The fourth-order valence-corrected chi connectivity index (χ4v) is 10.4. The van der Waals surface area contributed by atoms with Crippen LogP contribution in [-0.2, 0) is 60.9 Å². The Morgan fingerprint density at radius 2 is 0.688 bits per heavy atom. The van der Waals surface area contributed by atoms with Gasteiger partial charge >= 0.3 is 47.8 Å². The molecule has 346 valence electrons. The first kappa shape index (κ1) is 47.6. The average Bonchev–Trinajstić information content (AvgIpc) is 3.39. The van der Waals surface area contributed by atoms with Crippen molar-refractivity contribution in [3.63, 3.8) is 0 Å². The van der Waals surface area contributed by atoms with Gasteiger partial charge in [-0.1, -0.05) is 0 Å². The highest BCUT2D eigenvalue weighted by Gasteiger charge is 2.54. The molecule has 0 N–H and O–H groups in total. The summed E-state index contributed by atoms with van der Waals surface area (Å²) < 4.78 is 45.2. The number of piperidine rings is 2. The lowest BCUT2D eigenvalue weighted by Gasteiger charge is -2.47. The van der Waals surface area contributed by atoms with Gasteiger partial charge in [-0.25, -0.2) is 0 Å². The summed E-state index contributed by atoms with van der Waals surface area (Å²) >= 11 is 0. The van der Waals surface area contributed by atoms with Crippen LogP contribution >= 0.6 is 0 Å². The third-order valence-corrected chi connectivity index (χ3v) is 13.0. The van der Waals surface area contributed by atoms with E-state index in [1.807, 2.05) is 0 Å².